The molecule has 0 amide bonds. The zero-order valence-corrected chi connectivity index (χ0v) is 15.3. The Bertz CT molecular complexity index is 985. The maximum atomic E-state index is 12.6. The number of anilines is 2. The average Bonchev–Trinajstić information content (AvgIpc) is 2.68. The number of hydrogen-bond acceptors (Lipinski definition) is 5. The van der Waals surface area contributed by atoms with Crippen molar-refractivity contribution < 1.29 is 14.6 Å². The number of carbonyl (C=O) groups is 1. The zero-order valence-electron chi connectivity index (χ0n) is 14.5. The minimum atomic E-state index is -0.213. The van der Waals surface area contributed by atoms with Crippen LogP contribution in [-0.4, -0.2) is 23.0 Å². The van der Waals surface area contributed by atoms with Crippen molar-refractivity contribution >= 4 is 35.0 Å². The molecule has 3 aromatic rings. The van der Waals surface area contributed by atoms with E-state index in [1.54, 1.807) is 60.8 Å². The third-order valence-corrected chi connectivity index (χ3v) is 4.06. The van der Waals surface area contributed by atoms with Gasteiger partial charge in [-0.1, -0.05) is 23.7 Å². The van der Waals surface area contributed by atoms with E-state index < -0.39 is 0 Å². The smallest absolute Gasteiger partial charge is 0.189 e. The van der Waals surface area contributed by atoms with E-state index in [2.05, 4.69) is 10.3 Å². The molecule has 0 unspecified atom stereocenters. The number of methoxy groups -OCH3 is 1. The second-order valence-electron chi connectivity index (χ2n) is 5.66. The molecule has 0 saturated heterocycles. The number of carbonyl (C=O) groups excluding carboxylic acids is 1. The molecular weight excluding hydrogens is 364 g/mol. The van der Waals surface area contributed by atoms with Crippen molar-refractivity contribution in [2.24, 2.45) is 0 Å². The van der Waals surface area contributed by atoms with Gasteiger partial charge in [0, 0.05) is 16.9 Å². The molecule has 2 aromatic carbocycles. The number of rotatable bonds is 6. The summed E-state index contributed by atoms with van der Waals surface area (Å²) in [6.45, 7) is 0. The monoisotopic (exact) mass is 380 g/mol. The largest absolute Gasteiger partial charge is 0.504 e. The number of nitrogens with one attached hydrogen (secondary N) is 1. The first-order chi connectivity index (χ1) is 13.1. The average molecular weight is 381 g/mol. The Morgan fingerprint density at radius 3 is 2.67 bits per heavy atom. The lowest BCUT2D eigenvalue weighted by Gasteiger charge is -2.09. The van der Waals surface area contributed by atoms with Crippen LogP contribution in [0.3, 0.4) is 0 Å². The third-order valence-electron chi connectivity index (χ3n) is 3.81. The Labute approximate surface area is 161 Å². The summed E-state index contributed by atoms with van der Waals surface area (Å²) in [6.07, 6.45) is 4.67. The van der Waals surface area contributed by atoms with Gasteiger partial charge in [-0.15, -0.1) is 0 Å². The van der Waals surface area contributed by atoms with Crippen LogP contribution in [0.5, 0.6) is 11.5 Å². The van der Waals surface area contributed by atoms with Crippen LogP contribution in [0.15, 0.2) is 66.9 Å². The van der Waals surface area contributed by atoms with Crippen molar-refractivity contribution in [2.45, 2.75) is 0 Å². The topological polar surface area (TPSA) is 71.5 Å². The third kappa shape index (κ3) is 4.65. The van der Waals surface area contributed by atoms with E-state index in [1.165, 1.54) is 19.3 Å². The number of aromatic nitrogens is 1. The number of benzene rings is 2. The van der Waals surface area contributed by atoms with Gasteiger partial charge in [-0.05, 0) is 60.2 Å². The van der Waals surface area contributed by atoms with E-state index >= 15 is 0 Å². The minimum Gasteiger partial charge on any atom is -0.504 e. The first kappa shape index (κ1) is 18.5. The number of ketones is 1. The molecule has 0 atom stereocenters. The molecule has 0 aliphatic rings. The molecule has 0 spiro atoms. The van der Waals surface area contributed by atoms with Crippen LogP contribution >= 0.6 is 11.6 Å². The standard InChI is InChI=1S/C21H17ClN2O3/c1-27-20-11-5-14(13-19(20)26)4-10-18(25)17-3-2-12-23-21(17)24-16-8-6-15(22)7-9-16/h2-13,26H,1H3,(H,23,24). The fourth-order valence-electron chi connectivity index (χ4n) is 2.45. The summed E-state index contributed by atoms with van der Waals surface area (Å²) < 4.78 is 5.01. The Morgan fingerprint density at radius 1 is 1.19 bits per heavy atom. The molecule has 0 fully saturated rings. The van der Waals surface area contributed by atoms with Gasteiger partial charge in [0.25, 0.3) is 0 Å². The Morgan fingerprint density at radius 2 is 1.96 bits per heavy atom. The number of nitrogens with zero attached hydrogens (tertiary/aromatic N) is 1. The Hall–Kier alpha value is -3.31. The predicted octanol–water partition coefficient (Wildman–Crippen LogP) is 5.09. The SMILES string of the molecule is COc1ccc(C=CC(=O)c2cccnc2Nc2ccc(Cl)cc2)cc1O. The van der Waals surface area contributed by atoms with Crippen LogP contribution < -0.4 is 10.1 Å². The molecule has 0 aliphatic carbocycles. The molecule has 27 heavy (non-hydrogen) atoms. The molecule has 5 nitrogen and oxygen atoms in total. The van der Waals surface area contributed by atoms with Gasteiger partial charge < -0.3 is 15.2 Å². The van der Waals surface area contributed by atoms with E-state index in [-0.39, 0.29) is 11.5 Å². The molecule has 136 valence electrons. The van der Waals surface area contributed by atoms with Crippen molar-refractivity contribution in [3.8, 4) is 11.5 Å². The predicted molar refractivity (Wildman–Crippen MR) is 107 cm³/mol. The Balaban J connectivity index is 1.80. The highest BCUT2D eigenvalue weighted by Gasteiger charge is 2.10. The maximum absolute atomic E-state index is 12.6. The number of ether oxygens (including phenoxy) is 1. The van der Waals surface area contributed by atoms with Gasteiger partial charge in [0.1, 0.15) is 5.82 Å². The lowest BCUT2D eigenvalue weighted by atomic mass is 10.1. The summed E-state index contributed by atoms with van der Waals surface area (Å²) in [4.78, 5) is 16.9. The quantitative estimate of drug-likeness (QED) is 0.460. The first-order valence-electron chi connectivity index (χ1n) is 8.14. The van der Waals surface area contributed by atoms with Crippen molar-refractivity contribution in [1.29, 1.82) is 0 Å². The molecule has 0 radical (unpaired) electrons. The van der Waals surface area contributed by atoms with Crippen molar-refractivity contribution in [1.82, 2.24) is 4.98 Å². The van der Waals surface area contributed by atoms with E-state index in [1.807, 2.05) is 0 Å². The molecule has 0 saturated carbocycles. The zero-order chi connectivity index (χ0) is 19.2. The molecular formula is C21H17ClN2O3. The number of phenolic OH excluding ortho intramolecular Hbond substituents is 1. The minimum absolute atomic E-state index is 0.0126. The molecule has 1 aromatic heterocycles. The second kappa shape index (κ2) is 8.38. The fourth-order valence-corrected chi connectivity index (χ4v) is 2.57. The summed E-state index contributed by atoms with van der Waals surface area (Å²) in [5.74, 6) is 0.626. The van der Waals surface area contributed by atoms with Gasteiger partial charge in [-0.3, -0.25) is 4.79 Å². The number of aromatic hydroxyl groups is 1. The summed E-state index contributed by atoms with van der Waals surface area (Å²) in [5.41, 5.74) is 1.88. The number of phenols is 1. The van der Waals surface area contributed by atoms with Gasteiger partial charge in [0.05, 0.1) is 12.7 Å². The van der Waals surface area contributed by atoms with Crippen LogP contribution in [0.2, 0.25) is 5.02 Å². The molecule has 1 heterocycles. The number of hydrogen-bond donors (Lipinski definition) is 2. The molecule has 0 aliphatic heterocycles. The first-order valence-corrected chi connectivity index (χ1v) is 8.51. The number of pyridine rings is 1. The van der Waals surface area contributed by atoms with E-state index in [4.69, 9.17) is 16.3 Å². The van der Waals surface area contributed by atoms with Crippen LogP contribution in [0.4, 0.5) is 11.5 Å². The van der Waals surface area contributed by atoms with Crippen LogP contribution in [0.25, 0.3) is 6.08 Å². The lowest BCUT2D eigenvalue weighted by Crippen LogP contribution is -2.03. The number of allylic oxidation sites excluding steroid dienone is 1. The van der Waals surface area contributed by atoms with Gasteiger partial charge >= 0.3 is 0 Å². The normalized spacial score (nSPS) is 10.7. The van der Waals surface area contributed by atoms with Crippen LogP contribution in [-0.2, 0) is 0 Å². The van der Waals surface area contributed by atoms with Crippen molar-refractivity contribution in [3.63, 3.8) is 0 Å². The molecule has 6 heteroatoms. The molecule has 2 N–H and O–H groups in total. The highest BCUT2D eigenvalue weighted by Crippen LogP contribution is 2.27. The summed E-state index contributed by atoms with van der Waals surface area (Å²) >= 11 is 5.89. The maximum Gasteiger partial charge on any atom is 0.189 e. The summed E-state index contributed by atoms with van der Waals surface area (Å²) in [5, 5.41) is 13.6. The highest BCUT2D eigenvalue weighted by molar-refractivity contribution is 6.30. The van der Waals surface area contributed by atoms with Crippen LogP contribution in [0, 0.1) is 0 Å². The van der Waals surface area contributed by atoms with E-state index in [0.717, 1.165) is 5.69 Å². The number of halogens is 1. The molecule has 0 bridgehead atoms. The van der Waals surface area contributed by atoms with Crippen molar-refractivity contribution in [2.75, 3.05) is 12.4 Å². The van der Waals surface area contributed by atoms with Gasteiger partial charge in [-0.25, -0.2) is 4.98 Å². The summed E-state index contributed by atoms with van der Waals surface area (Å²) in [6, 6.07) is 15.4. The van der Waals surface area contributed by atoms with Crippen molar-refractivity contribution in [3.05, 3.63) is 83.0 Å². The van der Waals surface area contributed by atoms with Gasteiger partial charge in [-0.2, -0.15) is 0 Å². The van der Waals surface area contributed by atoms with E-state index in [0.29, 0.717) is 27.7 Å². The lowest BCUT2D eigenvalue weighted by molar-refractivity contribution is 0.104. The second-order valence-corrected chi connectivity index (χ2v) is 6.10. The van der Waals surface area contributed by atoms with Gasteiger partial charge in [0.15, 0.2) is 17.3 Å². The highest BCUT2D eigenvalue weighted by atomic mass is 35.5. The fraction of sp³-hybridized carbons (Fsp3) is 0.0476. The summed E-state index contributed by atoms with van der Waals surface area (Å²) in [7, 11) is 1.48. The Kier molecular flexibility index (Phi) is 5.74. The molecule has 3 rings (SSSR count). The van der Waals surface area contributed by atoms with Gasteiger partial charge in [0.2, 0.25) is 0 Å². The van der Waals surface area contributed by atoms with E-state index in [9.17, 15) is 9.90 Å². The van der Waals surface area contributed by atoms with Crippen LogP contribution in [0.1, 0.15) is 15.9 Å².